The summed E-state index contributed by atoms with van der Waals surface area (Å²) in [5.74, 6) is 0. The summed E-state index contributed by atoms with van der Waals surface area (Å²) >= 11 is 6.90. The molecule has 0 N–H and O–H groups in total. The van der Waals surface area contributed by atoms with Crippen LogP contribution in [0.15, 0.2) is 42.5 Å². The third-order valence-corrected chi connectivity index (χ3v) is 3.46. The van der Waals surface area contributed by atoms with Crippen molar-refractivity contribution in [2.75, 3.05) is 0 Å². The molecule has 2 aromatic rings. The lowest BCUT2D eigenvalue weighted by atomic mass is 10.1. The molecular weight excluding hydrogens is 330 g/mol. The quantitative estimate of drug-likeness (QED) is 0.747. The van der Waals surface area contributed by atoms with Crippen molar-refractivity contribution in [2.24, 2.45) is 0 Å². The zero-order valence-corrected chi connectivity index (χ0v) is 11.8. The largest absolute Gasteiger partial charge is 0.256 e. The Balaban J connectivity index is 2.48. The van der Waals surface area contributed by atoms with Gasteiger partial charge < -0.3 is 0 Å². The summed E-state index contributed by atoms with van der Waals surface area (Å²) < 4.78 is 0. The number of benzene rings is 1. The molecule has 0 fully saturated rings. The maximum atomic E-state index is 4.50. The molecule has 0 aliphatic rings. The molecule has 0 saturated heterocycles. The topological polar surface area (TPSA) is 12.9 Å². The predicted octanol–water partition coefficient (Wildman–Crippen LogP) is 4.54. The molecule has 0 amide bonds. The van der Waals surface area contributed by atoms with Crippen LogP contribution in [-0.2, 0) is 10.7 Å². The van der Waals surface area contributed by atoms with Crippen LogP contribution in [0.2, 0.25) is 0 Å². The van der Waals surface area contributed by atoms with Crippen LogP contribution < -0.4 is 0 Å². The third-order valence-electron chi connectivity index (χ3n) is 2.31. The summed E-state index contributed by atoms with van der Waals surface area (Å²) in [6, 6.07) is 14.6. The average molecular weight is 341 g/mol. The van der Waals surface area contributed by atoms with Crippen molar-refractivity contribution >= 4 is 31.9 Å². The molecule has 0 atom stereocenters. The minimum Gasteiger partial charge on any atom is -0.256 e. The van der Waals surface area contributed by atoms with Gasteiger partial charge in [0.05, 0.1) is 11.4 Å². The maximum absolute atomic E-state index is 4.50. The number of nitrogens with zero attached hydrogens (tertiary/aromatic N) is 1. The molecule has 1 aromatic carbocycles. The first-order valence-electron chi connectivity index (χ1n) is 5.00. The van der Waals surface area contributed by atoms with Crippen LogP contribution in [0.1, 0.15) is 11.4 Å². The highest BCUT2D eigenvalue weighted by molar-refractivity contribution is 9.08. The Morgan fingerprint density at radius 3 is 1.88 bits per heavy atom. The average Bonchev–Trinajstić information content (AvgIpc) is 2.39. The maximum Gasteiger partial charge on any atom is 0.0518 e. The molecule has 1 aromatic heterocycles. The Bertz CT molecular complexity index is 446. The van der Waals surface area contributed by atoms with Gasteiger partial charge in [-0.05, 0) is 23.3 Å². The van der Waals surface area contributed by atoms with Crippen molar-refractivity contribution in [3.8, 4) is 11.1 Å². The van der Waals surface area contributed by atoms with Crippen LogP contribution in [0.25, 0.3) is 11.1 Å². The summed E-state index contributed by atoms with van der Waals surface area (Å²) in [5.41, 5.74) is 4.58. The van der Waals surface area contributed by atoms with Gasteiger partial charge in [0.2, 0.25) is 0 Å². The van der Waals surface area contributed by atoms with Crippen LogP contribution in [0.4, 0.5) is 0 Å². The Morgan fingerprint density at radius 1 is 0.812 bits per heavy atom. The van der Waals surface area contributed by atoms with Crippen LogP contribution in [0.5, 0.6) is 0 Å². The van der Waals surface area contributed by atoms with Gasteiger partial charge in [-0.2, -0.15) is 0 Å². The van der Waals surface area contributed by atoms with E-state index in [0.717, 1.165) is 22.0 Å². The van der Waals surface area contributed by atoms with E-state index in [-0.39, 0.29) is 0 Å². The molecule has 0 bridgehead atoms. The molecule has 2 rings (SSSR count). The van der Waals surface area contributed by atoms with Crippen molar-refractivity contribution in [1.82, 2.24) is 4.98 Å². The minimum absolute atomic E-state index is 0.785. The minimum atomic E-state index is 0.785. The van der Waals surface area contributed by atoms with Gasteiger partial charge in [-0.1, -0.05) is 62.2 Å². The van der Waals surface area contributed by atoms with Crippen molar-refractivity contribution in [1.29, 1.82) is 0 Å². The highest BCUT2D eigenvalue weighted by Crippen LogP contribution is 2.22. The summed E-state index contributed by atoms with van der Waals surface area (Å²) in [7, 11) is 0. The van der Waals surface area contributed by atoms with Crippen LogP contribution in [-0.4, -0.2) is 4.98 Å². The summed E-state index contributed by atoms with van der Waals surface area (Å²) in [6.45, 7) is 0. The van der Waals surface area contributed by atoms with E-state index in [2.05, 4.69) is 73.2 Å². The van der Waals surface area contributed by atoms with Gasteiger partial charge in [0.1, 0.15) is 0 Å². The van der Waals surface area contributed by atoms with Crippen LogP contribution >= 0.6 is 31.9 Å². The van der Waals surface area contributed by atoms with E-state index in [9.17, 15) is 0 Å². The van der Waals surface area contributed by atoms with E-state index < -0.39 is 0 Å². The fraction of sp³-hybridized carbons (Fsp3) is 0.154. The molecule has 0 unspecified atom stereocenters. The second-order valence-corrected chi connectivity index (χ2v) is 4.59. The summed E-state index contributed by atoms with van der Waals surface area (Å²) in [5, 5.41) is 1.57. The first-order chi connectivity index (χ1) is 7.83. The smallest absolute Gasteiger partial charge is 0.0518 e. The summed E-state index contributed by atoms with van der Waals surface area (Å²) in [6.07, 6.45) is 0. The van der Waals surface area contributed by atoms with Crippen molar-refractivity contribution in [2.45, 2.75) is 10.7 Å². The van der Waals surface area contributed by atoms with Crippen molar-refractivity contribution in [3.05, 3.63) is 53.9 Å². The second-order valence-electron chi connectivity index (χ2n) is 3.47. The Hall–Kier alpha value is -0.670. The second kappa shape index (κ2) is 5.60. The van der Waals surface area contributed by atoms with Gasteiger partial charge in [-0.25, -0.2) is 0 Å². The Kier molecular flexibility index (Phi) is 4.13. The van der Waals surface area contributed by atoms with E-state index in [1.54, 1.807) is 0 Å². The molecular formula is C13H11Br2N. The molecule has 0 aliphatic heterocycles. The molecule has 82 valence electrons. The van der Waals surface area contributed by atoms with E-state index in [4.69, 9.17) is 0 Å². The van der Waals surface area contributed by atoms with Gasteiger partial charge in [0.25, 0.3) is 0 Å². The van der Waals surface area contributed by atoms with Gasteiger partial charge in [-0.3, -0.25) is 4.98 Å². The molecule has 1 nitrogen and oxygen atoms in total. The number of aromatic nitrogens is 1. The summed E-state index contributed by atoms with van der Waals surface area (Å²) in [4.78, 5) is 4.50. The first-order valence-corrected chi connectivity index (χ1v) is 7.25. The molecule has 1 heterocycles. The fourth-order valence-electron chi connectivity index (χ4n) is 1.58. The molecule has 0 saturated carbocycles. The SMILES string of the molecule is BrCc1cc(-c2ccccc2)cc(CBr)n1. The fourth-order valence-corrected chi connectivity index (χ4v) is 2.16. The molecule has 16 heavy (non-hydrogen) atoms. The third kappa shape index (κ3) is 2.71. The van der Waals surface area contributed by atoms with Gasteiger partial charge >= 0.3 is 0 Å². The van der Waals surface area contributed by atoms with Gasteiger partial charge in [-0.15, -0.1) is 0 Å². The van der Waals surface area contributed by atoms with Crippen LogP contribution in [0, 0.1) is 0 Å². The molecule has 0 aliphatic carbocycles. The Morgan fingerprint density at radius 2 is 1.38 bits per heavy atom. The number of pyridine rings is 1. The normalized spacial score (nSPS) is 10.4. The monoisotopic (exact) mass is 339 g/mol. The van der Waals surface area contributed by atoms with E-state index >= 15 is 0 Å². The number of hydrogen-bond donors (Lipinski definition) is 0. The lowest BCUT2D eigenvalue weighted by Gasteiger charge is -2.06. The predicted molar refractivity (Wildman–Crippen MR) is 74.9 cm³/mol. The van der Waals surface area contributed by atoms with Crippen molar-refractivity contribution in [3.63, 3.8) is 0 Å². The van der Waals surface area contributed by atoms with Gasteiger partial charge in [0.15, 0.2) is 0 Å². The van der Waals surface area contributed by atoms with Crippen LogP contribution in [0.3, 0.4) is 0 Å². The zero-order valence-electron chi connectivity index (χ0n) is 8.66. The lowest BCUT2D eigenvalue weighted by molar-refractivity contribution is 1.10. The zero-order chi connectivity index (χ0) is 11.4. The van der Waals surface area contributed by atoms with E-state index in [0.29, 0.717) is 0 Å². The van der Waals surface area contributed by atoms with Crippen molar-refractivity contribution < 1.29 is 0 Å². The number of halogens is 2. The molecule has 0 radical (unpaired) electrons. The molecule has 3 heteroatoms. The number of hydrogen-bond acceptors (Lipinski definition) is 1. The molecule has 0 spiro atoms. The van der Waals surface area contributed by atoms with E-state index in [1.165, 1.54) is 11.1 Å². The standard InChI is InChI=1S/C13H11Br2N/c14-8-12-6-11(7-13(9-15)16-12)10-4-2-1-3-5-10/h1-7H,8-9H2. The highest BCUT2D eigenvalue weighted by atomic mass is 79.9. The number of alkyl halides is 2. The first kappa shape index (κ1) is 11.8. The van der Waals surface area contributed by atoms with Gasteiger partial charge in [0, 0.05) is 10.7 Å². The highest BCUT2D eigenvalue weighted by Gasteiger charge is 2.03. The Labute approximate surface area is 112 Å². The lowest BCUT2D eigenvalue weighted by Crippen LogP contribution is -1.92. The number of rotatable bonds is 3. The van der Waals surface area contributed by atoms with E-state index in [1.807, 2.05) is 6.07 Å².